The summed E-state index contributed by atoms with van der Waals surface area (Å²) in [7, 11) is 0. The van der Waals surface area contributed by atoms with Gasteiger partial charge in [0.15, 0.2) is 0 Å². The lowest BCUT2D eigenvalue weighted by molar-refractivity contribution is 0.740. The van der Waals surface area contributed by atoms with Crippen LogP contribution in [0.5, 0.6) is 0 Å². The summed E-state index contributed by atoms with van der Waals surface area (Å²) in [6, 6.07) is 2.22. The van der Waals surface area contributed by atoms with Gasteiger partial charge in [-0.05, 0) is 66.3 Å². The first-order valence-corrected chi connectivity index (χ1v) is 5.98. The molecule has 74 valence electrons. The number of hydrogen-bond donors (Lipinski definition) is 0. The van der Waals surface area contributed by atoms with Gasteiger partial charge in [0.05, 0.1) is 0 Å². The Bertz CT molecular complexity index is 393. The zero-order valence-corrected chi connectivity index (χ0v) is 9.32. The standard InChI is InChI=1S/C13H15Cl/c1-8-5-6-11-12(14)7-9-3-2-4-10(9)13(8)11/h7-8H,2-6H2,1H3. The first-order valence-electron chi connectivity index (χ1n) is 5.60. The molecule has 0 radical (unpaired) electrons. The predicted octanol–water partition coefficient (Wildman–Crippen LogP) is 3.88. The number of aryl methyl sites for hydroxylation is 1. The van der Waals surface area contributed by atoms with E-state index in [-0.39, 0.29) is 0 Å². The summed E-state index contributed by atoms with van der Waals surface area (Å²) in [5.74, 6) is 0.746. The van der Waals surface area contributed by atoms with Crippen molar-refractivity contribution in [1.82, 2.24) is 0 Å². The van der Waals surface area contributed by atoms with E-state index < -0.39 is 0 Å². The third-order valence-corrected chi connectivity index (χ3v) is 4.16. The van der Waals surface area contributed by atoms with Gasteiger partial charge in [0.25, 0.3) is 0 Å². The van der Waals surface area contributed by atoms with E-state index in [1.54, 1.807) is 11.1 Å². The highest BCUT2D eigenvalue weighted by molar-refractivity contribution is 6.31. The van der Waals surface area contributed by atoms with E-state index in [9.17, 15) is 0 Å². The highest BCUT2D eigenvalue weighted by atomic mass is 35.5. The molecule has 0 nitrogen and oxygen atoms in total. The molecule has 2 aliphatic carbocycles. The fraction of sp³-hybridized carbons (Fsp3) is 0.538. The van der Waals surface area contributed by atoms with Crippen LogP contribution >= 0.6 is 11.6 Å². The van der Waals surface area contributed by atoms with Crippen molar-refractivity contribution in [3.8, 4) is 0 Å². The quantitative estimate of drug-likeness (QED) is 0.605. The van der Waals surface area contributed by atoms with Gasteiger partial charge < -0.3 is 0 Å². The molecule has 1 aromatic carbocycles. The van der Waals surface area contributed by atoms with Crippen LogP contribution in [0.2, 0.25) is 5.02 Å². The fourth-order valence-corrected chi connectivity index (χ4v) is 3.47. The Balaban J connectivity index is 2.28. The first-order chi connectivity index (χ1) is 6.77. The number of halogens is 1. The smallest absolute Gasteiger partial charge is 0.0443 e. The molecule has 0 aliphatic heterocycles. The molecular weight excluding hydrogens is 192 g/mol. The van der Waals surface area contributed by atoms with Crippen molar-refractivity contribution in [3.05, 3.63) is 33.3 Å². The number of benzene rings is 1. The van der Waals surface area contributed by atoms with E-state index >= 15 is 0 Å². The first kappa shape index (κ1) is 8.79. The fourth-order valence-electron chi connectivity index (χ4n) is 3.14. The van der Waals surface area contributed by atoms with Crippen molar-refractivity contribution in [2.45, 2.75) is 44.9 Å². The zero-order valence-electron chi connectivity index (χ0n) is 8.57. The molecule has 0 aromatic heterocycles. The van der Waals surface area contributed by atoms with Crippen LogP contribution in [0, 0.1) is 0 Å². The van der Waals surface area contributed by atoms with E-state index in [0.717, 1.165) is 10.9 Å². The van der Waals surface area contributed by atoms with Crippen molar-refractivity contribution < 1.29 is 0 Å². The number of rotatable bonds is 0. The molecule has 0 saturated carbocycles. The minimum Gasteiger partial charge on any atom is -0.0840 e. The van der Waals surface area contributed by atoms with Crippen LogP contribution in [0.1, 0.15) is 47.9 Å². The van der Waals surface area contributed by atoms with Crippen molar-refractivity contribution in [2.24, 2.45) is 0 Å². The van der Waals surface area contributed by atoms with Gasteiger partial charge in [-0.2, -0.15) is 0 Å². The summed E-state index contributed by atoms with van der Waals surface area (Å²) in [5, 5.41) is 1.03. The second-order valence-electron chi connectivity index (χ2n) is 4.68. The van der Waals surface area contributed by atoms with Gasteiger partial charge in [-0.25, -0.2) is 0 Å². The molecule has 2 aliphatic rings. The molecule has 0 spiro atoms. The van der Waals surface area contributed by atoms with Crippen LogP contribution in [-0.2, 0) is 19.3 Å². The lowest BCUT2D eigenvalue weighted by Crippen LogP contribution is -1.96. The molecule has 0 bridgehead atoms. The molecule has 0 amide bonds. The molecule has 0 fully saturated rings. The summed E-state index contributed by atoms with van der Waals surface area (Å²) in [6.45, 7) is 2.35. The molecule has 0 saturated heterocycles. The van der Waals surface area contributed by atoms with Crippen molar-refractivity contribution in [1.29, 1.82) is 0 Å². The van der Waals surface area contributed by atoms with E-state index in [1.807, 2.05) is 0 Å². The Morgan fingerprint density at radius 2 is 2.07 bits per heavy atom. The molecule has 1 heteroatoms. The Morgan fingerprint density at radius 3 is 2.93 bits per heavy atom. The third kappa shape index (κ3) is 1.07. The average Bonchev–Trinajstić information content (AvgIpc) is 2.71. The van der Waals surface area contributed by atoms with Gasteiger partial charge >= 0.3 is 0 Å². The summed E-state index contributed by atoms with van der Waals surface area (Å²) < 4.78 is 0. The SMILES string of the molecule is CC1CCc2c(Cl)cc3c(c21)CCC3. The maximum Gasteiger partial charge on any atom is 0.0443 e. The van der Waals surface area contributed by atoms with Gasteiger partial charge in [0.1, 0.15) is 0 Å². The van der Waals surface area contributed by atoms with Crippen LogP contribution < -0.4 is 0 Å². The van der Waals surface area contributed by atoms with E-state index in [1.165, 1.54) is 43.2 Å². The average molecular weight is 207 g/mol. The summed E-state index contributed by atoms with van der Waals surface area (Å²) in [5.41, 5.74) is 6.25. The highest BCUT2D eigenvalue weighted by Crippen LogP contribution is 2.43. The Kier molecular flexibility index (Phi) is 1.88. The minimum atomic E-state index is 0.746. The zero-order chi connectivity index (χ0) is 9.71. The molecule has 0 heterocycles. The predicted molar refractivity (Wildman–Crippen MR) is 60.2 cm³/mol. The highest BCUT2D eigenvalue weighted by Gasteiger charge is 2.27. The Morgan fingerprint density at radius 1 is 1.21 bits per heavy atom. The third-order valence-electron chi connectivity index (χ3n) is 3.82. The van der Waals surface area contributed by atoms with Crippen LogP contribution in [0.3, 0.4) is 0 Å². The van der Waals surface area contributed by atoms with Crippen molar-refractivity contribution >= 4 is 11.6 Å². The Labute approximate surface area is 90.3 Å². The lowest BCUT2D eigenvalue weighted by Gasteiger charge is -2.12. The lowest BCUT2D eigenvalue weighted by atomic mass is 9.94. The molecule has 3 rings (SSSR count). The minimum absolute atomic E-state index is 0.746. The maximum atomic E-state index is 6.32. The van der Waals surface area contributed by atoms with E-state index in [4.69, 9.17) is 11.6 Å². The summed E-state index contributed by atoms with van der Waals surface area (Å²) in [6.07, 6.45) is 6.36. The van der Waals surface area contributed by atoms with E-state index in [0.29, 0.717) is 0 Å². The normalized spacial score (nSPS) is 23.7. The van der Waals surface area contributed by atoms with Crippen LogP contribution in [0.15, 0.2) is 6.07 Å². The molecule has 1 unspecified atom stereocenters. The van der Waals surface area contributed by atoms with E-state index in [2.05, 4.69) is 13.0 Å². The topological polar surface area (TPSA) is 0 Å². The molecular formula is C13H15Cl. The number of hydrogen-bond acceptors (Lipinski definition) is 0. The second kappa shape index (κ2) is 3.00. The van der Waals surface area contributed by atoms with Gasteiger partial charge in [-0.3, -0.25) is 0 Å². The molecule has 0 N–H and O–H groups in total. The van der Waals surface area contributed by atoms with Gasteiger partial charge in [-0.15, -0.1) is 0 Å². The molecule has 1 aromatic rings. The maximum absolute atomic E-state index is 6.32. The monoisotopic (exact) mass is 206 g/mol. The Hall–Kier alpha value is -0.490. The molecule has 14 heavy (non-hydrogen) atoms. The summed E-state index contributed by atoms with van der Waals surface area (Å²) >= 11 is 6.32. The largest absolute Gasteiger partial charge is 0.0840 e. The van der Waals surface area contributed by atoms with Gasteiger partial charge in [-0.1, -0.05) is 18.5 Å². The summed E-state index contributed by atoms with van der Waals surface area (Å²) in [4.78, 5) is 0. The van der Waals surface area contributed by atoms with Crippen LogP contribution in [0.4, 0.5) is 0 Å². The molecule has 1 atom stereocenters. The van der Waals surface area contributed by atoms with Crippen molar-refractivity contribution in [3.63, 3.8) is 0 Å². The number of fused-ring (bicyclic) bond motifs is 3. The van der Waals surface area contributed by atoms with Gasteiger partial charge in [0.2, 0.25) is 0 Å². The van der Waals surface area contributed by atoms with Gasteiger partial charge in [0, 0.05) is 5.02 Å². The second-order valence-corrected chi connectivity index (χ2v) is 5.09. The van der Waals surface area contributed by atoms with Crippen LogP contribution in [-0.4, -0.2) is 0 Å². The van der Waals surface area contributed by atoms with Crippen molar-refractivity contribution in [2.75, 3.05) is 0 Å². The van der Waals surface area contributed by atoms with Crippen LogP contribution in [0.25, 0.3) is 0 Å².